The fourth-order valence-electron chi connectivity index (χ4n) is 1.35. The molecule has 0 aromatic carbocycles. The van der Waals surface area contributed by atoms with E-state index in [1.165, 1.54) is 12.5 Å². The Balaban J connectivity index is 2.69. The normalized spacial score (nSPS) is 12.1. The third-order valence-corrected chi connectivity index (χ3v) is 2.23. The Morgan fingerprint density at radius 3 is 2.75 bits per heavy atom. The van der Waals surface area contributed by atoms with Crippen molar-refractivity contribution >= 4 is 11.9 Å². The number of carboxylic acids is 1. The maximum Gasteiger partial charge on any atom is 0.326 e. The summed E-state index contributed by atoms with van der Waals surface area (Å²) in [6.07, 6.45) is 4.01. The van der Waals surface area contributed by atoms with Crippen molar-refractivity contribution in [2.24, 2.45) is 7.05 Å². The van der Waals surface area contributed by atoms with E-state index in [1.54, 1.807) is 11.6 Å². The highest BCUT2D eigenvalue weighted by atomic mass is 16.4. The summed E-state index contributed by atoms with van der Waals surface area (Å²) < 4.78 is 1.54. The molecule has 1 heterocycles. The summed E-state index contributed by atoms with van der Waals surface area (Å²) in [5, 5.41) is 11.3. The number of nitrogens with one attached hydrogen (secondary N) is 1. The predicted molar refractivity (Wildman–Crippen MR) is 57.0 cm³/mol. The smallest absolute Gasteiger partial charge is 0.326 e. The Morgan fingerprint density at radius 1 is 1.62 bits per heavy atom. The van der Waals surface area contributed by atoms with E-state index in [9.17, 15) is 9.59 Å². The van der Waals surface area contributed by atoms with Crippen molar-refractivity contribution in [2.45, 2.75) is 25.8 Å². The van der Waals surface area contributed by atoms with Gasteiger partial charge in [-0.1, -0.05) is 13.3 Å². The Labute approximate surface area is 93.3 Å². The van der Waals surface area contributed by atoms with Gasteiger partial charge in [0.05, 0.1) is 12.5 Å². The molecule has 1 unspecified atom stereocenters. The van der Waals surface area contributed by atoms with Crippen molar-refractivity contribution < 1.29 is 14.7 Å². The van der Waals surface area contributed by atoms with Gasteiger partial charge in [0.1, 0.15) is 11.7 Å². The summed E-state index contributed by atoms with van der Waals surface area (Å²) in [6.45, 7) is 1.87. The molecule has 0 aliphatic heterocycles. The van der Waals surface area contributed by atoms with Crippen LogP contribution in [0, 0.1) is 0 Å². The predicted octanol–water partition coefficient (Wildman–Crippen LogP) is 0.403. The number of aromatic nitrogens is 2. The van der Waals surface area contributed by atoms with Crippen molar-refractivity contribution in [3.63, 3.8) is 0 Å². The minimum Gasteiger partial charge on any atom is -0.480 e. The molecule has 16 heavy (non-hydrogen) atoms. The average Bonchev–Trinajstić information content (AvgIpc) is 2.63. The Hall–Kier alpha value is -1.85. The van der Waals surface area contributed by atoms with Crippen molar-refractivity contribution in [2.75, 3.05) is 0 Å². The van der Waals surface area contributed by atoms with Gasteiger partial charge in [0.25, 0.3) is 5.91 Å². The molecule has 6 heteroatoms. The van der Waals surface area contributed by atoms with E-state index < -0.39 is 17.9 Å². The highest BCUT2D eigenvalue weighted by molar-refractivity contribution is 5.94. The quantitative estimate of drug-likeness (QED) is 0.759. The van der Waals surface area contributed by atoms with Crippen molar-refractivity contribution in [3.8, 4) is 0 Å². The van der Waals surface area contributed by atoms with Gasteiger partial charge in [-0.3, -0.25) is 4.79 Å². The number of rotatable bonds is 5. The number of hydrogen-bond acceptors (Lipinski definition) is 3. The number of nitrogens with zero attached hydrogens (tertiary/aromatic N) is 2. The first-order chi connectivity index (χ1) is 7.56. The maximum atomic E-state index is 11.7. The minimum atomic E-state index is -1.02. The summed E-state index contributed by atoms with van der Waals surface area (Å²) in [5.74, 6) is -1.43. The van der Waals surface area contributed by atoms with Gasteiger partial charge in [-0.05, 0) is 6.42 Å². The maximum absolute atomic E-state index is 11.7. The number of amides is 1. The molecule has 0 fully saturated rings. The molecule has 0 radical (unpaired) electrons. The molecule has 0 aliphatic carbocycles. The summed E-state index contributed by atoms with van der Waals surface area (Å²) in [5.41, 5.74) is 0.349. The van der Waals surface area contributed by atoms with Crippen molar-refractivity contribution in [1.29, 1.82) is 0 Å². The summed E-state index contributed by atoms with van der Waals surface area (Å²) in [4.78, 5) is 26.3. The third kappa shape index (κ3) is 2.82. The van der Waals surface area contributed by atoms with Gasteiger partial charge in [-0.15, -0.1) is 0 Å². The van der Waals surface area contributed by atoms with Gasteiger partial charge in [0, 0.05) is 7.05 Å². The second kappa shape index (κ2) is 5.29. The highest BCUT2D eigenvalue weighted by Crippen LogP contribution is 2.01. The van der Waals surface area contributed by atoms with Crippen LogP contribution in [0.4, 0.5) is 0 Å². The number of imidazole rings is 1. The monoisotopic (exact) mass is 225 g/mol. The molecule has 0 spiro atoms. The van der Waals surface area contributed by atoms with Crippen LogP contribution in [0.15, 0.2) is 12.5 Å². The molecule has 88 valence electrons. The van der Waals surface area contributed by atoms with Crippen LogP contribution in [0.2, 0.25) is 0 Å². The van der Waals surface area contributed by atoms with Crippen LogP contribution < -0.4 is 5.32 Å². The van der Waals surface area contributed by atoms with E-state index >= 15 is 0 Å². The molecule has 1 amide bonds. The lowest BCUT2D eigenvalue weighted by molar-refractivity contribution is -0.139. The Bertz CT molecular complexity index is 386. The van der Waals surface area contributed by atoms with E-state index in [0.717, 1.165) is 0 Å². The lowest BCUT2D eigenvalue weighted by atomic mass is 10.1. The van der Waals surface area contributed by atoms with Crippen LogP contribution in [-0.4, -0.2) is 32.6 Å². The Kier molecular flexibility index (Phi) is 4.04. The molecular weight excluding hydrogens is 210 g/mol. The molecule has 2 N–H and O–H groups in total. The molecule has 1 aromatic heterocycles. The lowest BCUT2D eigenvalue weighted by Crippen LogP contribution is -2.41. The minimum absolute atomic E-state index is 0.349. The summed E-state index contributed by atoms with van der Waals surface area (Å²) >= 11 is 0. The van der Waals surface area contributed by atoms with Crippen LogP contribution in [0.3, 0.4) is 0 Å². The molecule has 6 nitrogen and oxygen atoms in total. The zero-order valence-electron chi connectivity index (χ0n) is 9.30. The molecule has 1 aromatic rings. The van der Waals surface area contributed by atoms with Gasteiger partial charge in [-0.2, -0.15) is 0 Å². The molecular formula is C10H15N3O3. The van der Waals surface area contributed by atoms with Crippen LogP contribution in [0.25, 0.3) is 0 Å². The lowest BCUT2D eigenvalue weighted by Gasteiger charge is -2.13. The van der Waals surface area contributed by atoms with Gasteiger partial charge >= 0.3 is 5.97 Å². The van der Waals surface area contributed by atoms with Crippen LogP contribution in [0.5, 0.6) is 0 Å². The fourth-order valence-corrected chi connectivity index (χ4v) is 1.35. The number of aliphatic carboxylic acids is 1. The number of carbonyl (C=O) groups excluding carboxylic acids is 1. The largest absolute Gasteiger partial charge is 0.480 e. The van der Waals surface area contributed by atoms with Gasteiger partial charge in [0.2, 0.25) is 0 Å². The number of carbonyl (C=O) groups is 2. The fraction of sp³-hybridized carbons (Fsp3) is 0.500. The number of hydrogen-bond donors (Lipinski definition) is 2. The van der Waals surface area contributed by atoms with Crippen molar-refractivity contribution in [1.82, 2.24) is 14.9 Å². The molecule has 0 aliphatic rings. The van der Waals surface area contributed by atoms with Gasteiger partial charge in [-0.25, -0.2) is 9.78 Å². The van der Waals surface area contributed by atoms with Crippen LogP contribution in [-0.2, 0) is 11.8 Å². The highest BCUT2D eigenvalue weighted by Gasteiger charge is 2.20. The molecule has 1 rings (SSSR count). The number of aryl methyl sites for hydroxylation is 1. The van der Waals surface area contributed by atoms with Crippen LogP contribution >= 0.6 is 0 Å². The molecule has 1 atom stereocenters. The van der Waals surface area contributed by atoms with E-state index in [0.29, 0.717) is 18.5 Å². The molecule has 0 saturated carbocycles. The first-order valence-corrected chi connectivity index (χ1v) is 5.06. The topological polar surface area (TPSA) is 84.2 Å². The van der Waals surface area contributed by atoms with E-state index in [4.69, 9.17) is 5.11 Å². The average molecular weight is 225 g/mol. The standard InChI is InChI=1S/C10H15N3O3/c1-3-4-7(10(15)16)12-9(14)8-5-11-6-13(8)2/h5-7H,3-4H2,1-2H3,(H,12,14)(H,15,16). The summed E-state index contributed by atoms with van der Waals surface area (Å²) in [6, 6.07) is -0.840. The second-order valence-electron chi connectivity index (χ2n) is 3.54. The first-order valence-electron chi connectivity index (χ1n) is 5.06. The SMILES string of the molecule is CCCC(NC(=O)c1cncn1C)C(=O)O. The van der Waals surface area contributed by atoms with Crippen LogP contribution in [0.1, 0.15) is 30.3 Å². The van der Waals surface area contributed by atoms with Crippen molar-refractivity contribution in [3.05, 3.63) is 18.2 Å². The zero-order valence-corrected chi connectivity index (χ0v) is 9.30. The summed E-state index contributed by atoms with van der Waals surface area (Å²) in [7, 11) is 1.68. The molecule has 0 bridgehead atoms. The van der Waals surface area contributed by atoms with E-state index in [2.05, 4.69) is 10.3 Å². The first kappa shape index (κ1) is 12.2. The van der Waals surface area contributed by atoms with Gasteiger partial charge < -0.3 is 15.0 Å². The number of carboxylic acid groups (broad SMARTS) is 1. The Morgan fingerprint density at radius 2 is 2.31 bits per heavy atom. The van der Waals surface area contributed by atoms with Gasteiger partial charge in [0.15, 0.2) is 0 Å². The zero-order chi connectivity index (χ0) is 12.1. The van der Waals surface area contributed by atoms with E-state index in [1.807, 2.05) is 6.92 Å². The molecule has 0 saturated heterocycles. The second-order valence-corrected chi connectivity index (χ2v) is 3.54. The third-order valence-electron chi connectivity index (χ3n) is 2.23. The van der Waals surface area contributed by atoms with E-state index in [-0.39, 0.29) is 0 Å².